The van der Waals surface area contributed by atoms with Gasteiger partial charge in [-0.1, -0.05) is 32.9 Å². The molecule has 0 amide bonds. The fourth-order valence-corrected chi connectivity index (χ4v) is 3.95. The van der Waals surface area contributed by atoms with Crippen molar-refractivity contribution in [3.8, 4) is 0 Å². The first kappa shape index (κ1) is 15.4. The smallest absolute Gasteiger partial charge is 0.0546 e. The molecule has 2 N–H and O–H groups in total. The van der Waals surface area contributed by atoms with Crippen molar-refractivity contribution in [1.29, 1.82) is 0 Å². The fourth-order valence-electron chi connectivity index (χ4n) is 3.95. The highest BCUT2D eigenvalue weighted by molar-refractivity contribution is 5.51. The lowest BCUT2D eigenvalue weighted by Gasteiger charge is -2.53. The molecule has 0 spiro atoms. The topological polar surface area (TPSA) is 29.3 Å². The second kappa shape index (κ2) is 5.40. The molecular formula is C18H30N2. The van der Waals surface area contributed by atoms with Crippen molar-refractivity contribution >= 4 is 5.69 Å². The molecule has 1 aromatic carbocycles. The lowest BCUT2D eigenvalue weighted by Crippen LogP contribution is -2.60. The number of anilines is 1. The molecule has 2 unspecified atom stereocenters. The summed E-state index contributed by atoms with van der Waals surface area (Å²) >= 11 is 0. The van der Waals surface area contributed by atoms with Gasteiger partial charge in [-0.25, -0.2) is 0 Å². The minimum atomic E-state index is 0.101. The first-order valence-corrected chi connectivity index (χ1v) is 7.81. The average molecular weight is 274 g/mol. The Labute approximate surface area is 124 Å². The van der Waals surface area contributed by atoms with E-state index in [1.54, 1.807) is 0 Å². The van der Waals surface area contributed by atoms with Crippen LogP contribution in [0, 0.1) is 18.3 Å². The molecule has 1 saturated carbocycles. The van der Waals surface area contributed by atoms with Gasteiger partial charge in [0.2, 0.25) is 0 Å². The zero-order valence-electron chi connectivity index (χ0n) is 13.7. The van der Waals surface area contributed by atoms with E-state index in [4.69, 9.17) is 5.73 Å². The van der Waals surface area contributed by atoms with Crippen LogP contribution in [0.3, 0.4) is 0 Å². The maximum atomic E-state index is 6.25. The Morgan fingerprint density at radius 2 is 2.00 bits per heavy atom. The van der Waals surface area contributed by atoms with E-state index in [9.17, 15) is 0 Å². The molecule has 0 bridgehead atoms. The number of benzene rings is 1. The summed E-state index contributed by atoms with van der Waals surface area (Å²) in [4.78, 5) is 2.44. The van der Waals surface area contributed by atoms with Gasteiger partial charge in [0, 0.05) is 19.3 Å². The maximum absolute atomic E-state index is 6.25. The third kappa shape index (κ3) is 2.71. The number of nitrogens with two attached hydrogens (primary N) is 1. The van der Waals surface area contributed by atoms with Crippen LogP contribution in [-0.4, -0.2) is 19.1 Å². The van der Waals surface area contributed by atoms with E-state index in [2.05, 4.69) is 63.9 Å². The molecule has 2 nitrogen and oxygen atoms in total. The van der Waals surface area contributed by atoms with Crippen LogP contribution in [0.25, 0.3) is 0 Å². The molecule has 0 aliphatic heterocycles. The van der Waals surface area contributed by atoms with Gasteiger partial charge in [-0.2, -0.15) is 0 Å². The van der Waals surface area contributed by atoms with E-state index in [1.807, 2.05) is 0 Å². The summed E-state index contributed by atoms with van der Waals surface area (Å²) in [5, 5.41) is 0. The molecule has 2 rings (SSSR count). The van der Waals surface area contributed by atoms with Crippen molar-refractivity contribution < 1.29 is 0 Å². The number of hydrogen-bond donors (Lipinski definition) is 1. The first-order valence-electron chi connectivity index (χ1n) is 7.81. The second-order valence-electron chi connectivity index (χ2n) is 7.48. The highest BCUT2D eigenvalue weighted by Crippen LogP contribution is 2.46. The van der Waals surface area contributed by atoms with Gasteiger partial charge >= 0.3 is 0 Å². The lowest BCUT2D eigenvalue weighted by molar-refractivity contribution is 0.103. The van der Waals surface area contributed by atoms with Crippen molar-refractivity contribution in [3.05, 3.63) is 29.8 Å². The van der Waals surface area contributed by atoms with Crippen LogP contribution in [0.2, 0.25) is 0 Å². The Morgan fingerprint density at radius 3 is 2.55 bits per heavy atom. The van der Waals surface area contributed by atoms with Crippen LogP contribution in [0.1, 0.15) is 45.6 Å². The van der Waals surface area contributed by atoms with E-state index in [0.717, 1.165) is 6.54 Å². The molecule has 1 aliphatic rings. The third-order valence-corrected chi connectivity index (χ3v) is 5.42. The molecule has 2 atom stereocenters. The van der Waals surface area contributed by atoms with Gasteiger partial charge in [0.05, 0.1) is 5.54 Å². The Bertz CT molecular complexity index is 466. The molecular weight excluding hydrogens is 244 g/mol. The Balaban J connectivity index is 2.31. The summed E-state index contributed by atoms with van der Waals surface area (Å²) in [7, 11) is 2.22. The van der Waals surface area contributed by atoms with Crippen molar-refractivity contribution in [1.82, 2.24) is 0 Å². The molecule has 1 fully saturated rings. The standard InChI is InChI=1S/C18H30N2/c1-14-7-6-8-16(11-14)20(5)18(13-19)10-9-17(3,4)12-15(18)2/h6-8,11,15H,9-10,12-13,19H2,1-5H3. The minimum absolute atomic E-state index is 0.101. The zero-order chi connectivity index (χ0) is 15.0. The summed E-state index contributed by atoms with van der Waals surface area (Å²) < 4.78 is 0. The SMILES string of the molecule is Cc1cccc(N(C)C2(CN)CCC(C)(C)CC2C)c1. The predicted octanol–water partition coefficient (Wildman–Crippen LogP) is 3.97. The summed E-state index contributed by atoms with van der Waals surface area (Å²) in [6.07, 6.45) is 3.69. The van der Waals surface area contributed by atoms with Crippen molar-refractivity contribution in [3.63, 3.8) is 0 Å². The van der Waals surface area contributed by atoms with Crippen LogP contribution >= 0.6 is 0 Å². The molecule has 0 radical (unpaired) electrons. The van der Waals surface area contributed by atoms with Gasteiger partial charge in [0.1, 0.15) is 0 Å². The largest absolute Gasteiger partial charge is 0.367 e. The maximum Gasteiger partial charge on any atom is 0.0546 e. The van der Waals surface area contributed by atoms with E-state index in [1.165, 1.54) is 30.5 Å². The third-order valence-electron chi connectivity index (χ3n) is 5.42. The lowest BCUT2D eigenvalue weighted by atomic mass is 9.63. The normalized spacial score (nSPS) is 29.2. The first-order chi connectivity index (χ1) is 9.31. The zero-order valence-corrected chi connectivity index (χ0v) is 13.7. The van der Waals surface area contributed by atoms with Gasteiger partial charge in [0.25, 0.3) is 0 Å². The Hall–Kier alpha value is -1.02. The van der Waals surface area contributed by atoms with Gasteiger partial charge in [-0.05, 0) is 55.2 Å². The molecule has 0 heterocycles. The van der Waals surface area contributed by atoms with E-state index in [-0.39, 0.29) is 5.54 Å². The quantitative estimate of drug-likeness (QED) is 0.903. The number of likely N-dealkylation sites (N-methyl/N-ethyl adjacent to an activating group) is 1. The summed E-state index contributed by atoms with van der Waals surface area (Å²) in [5.41, 5.74) is 9.41. The van der Waals surface area contributed by atoms with Gasteiger partial charge in [-0.15, -0.1) is 0 Å². The summed E-state index contributed by atoms with van der Waals surface area (Å²) in [6, 6.07) is 8.77. The molecule has 0 aromatic heterocycles. The van der Waals surface area contributed by atoms with Crippen LogP contribution in [0.5, 0.6) is 0 Å². The monoisotopic (exact) mass is 274 g/mol. The van der Waals surface area contributed by atoms with Gasteiger partial charge in [0.15, 0.2) is 0 Å². The Kier molecular flexibility index (Phi) is 4.15. The van der Waals surface area contributed by atoms with Gasteiger partial charge in [-0.3, -0.25) is 0 Å². The number of nitrogens with zero attached hydrogens (tertiary/aromatic N) is 1. The molecule has 1 aromatic rings. The Morgan fingerprint density at radius 1 is 1.30 bits per heavy atom. The number of rotatable bonds is 3. The van der Waals surface area contributed by atoms with E-state index < -0.39 is 0 Å². The fraction of sp³-hybridized carbons (Fsp3) is 0.667. The highest BCUT2D eigenvalue weighted by atomic mass is 15.2. The molecule has 2 heteroatoms. The number of aryl methyl sites for hydroxylation is 1. The molecule has 112 valence electrons. The average Bonchev–Trinajstić information content (AvgIpc) is 2.38. The van der Waals surface area contributed by atoms with Gasteiger partial charge < -0.3 is 10.6 Å². The van der Waals surface area contributed by atoms with Crippen LogP contribution in [0.4, 0.5) is 5.69 Å². The van der Waals surface area contributed by atoms with Crippen molar-refractivity contribution in [2.75, 3.05) is 18.5 Å². The summed E-state index contributed by atoms with van der Waals surface area (Å²) in [6.45, 7) is 10.0. The van der Waals surface area contributed by atoms with E-state index in [0.29, 0.717) is 11.3 Å². The molecule has 20 heavy (non-hydrogen) atoms. The molecule has 1 aliphatic carbocycles. The second-order valence-corrected chi connectivity index (χ2v) is 7.48. The predicted molar refractivity (Wildman–Crippen MR) is 88.2 cm³/mol. The van der Waals surface area contributed by atoms with Crippen LogP contribution in [0.15, 0.2) is 24.3 Å². The van der Waals surface area contributed by atoms with Crippen LogP contribution < -0.4 is 10.6 Å². The summed E-state index contributed by atoms with van der Waals surface area (Å²) in [5.74, 6) is 0.613. The van der Waals surface area contributed by atoms with Crippen molar-refractivity contribution in [2.24, 2.45) is 17.1 Å². The van der Waals surface area contributed by atoms with E-state index >= 15 is 0 Å². The minimum Gasteiger partial charge on any atom is -0.367 e. The van der Waals surface area contributed by atoms with Crippen LogP contribution in [-0.2, 0) is 0 Å². The number of hydrogen-bond acceptors (Lipinski definition) is 2. The highest BCUT2D eigenvalue weighted by Gasteiger charge is 2.45. The molecule has 0 saturated heterocycles. The van der Waals surface area contributed by atoms with Crippen molar-refractivity contribution in [2.45, 2.75) is 52.5 Å².